The summed E-state index contributed by atoms with van der Waals surface area (Å²) < 4.78 is 10.5. The Morgan fingerprint density at radius 1 is 1.07 bits per heavy atom. The number of aliphatic hydroxyl groups is 1. The lowest BCUT2D eigenvalue weighted by Crippen LogP contribution is -2.09. The topological polar surface area (TPSA) is 64.7 Å². The fraction of sp³-hybridized carbons (Fsp3) is 0.455. The van der Waals surface area contributed by atoms with E-state index in [4.69, 9.17) is 20.3 Å². The number of rotatable bonds is 7. The maximum absolute atomic E-state index is 8.46. The molecule has 0 heterocycles. The lowest BCUT2D eigenvalue weighted by atomic mass is 10.2. The third-order valence-electron chi connectivity index (χ3n) is 1.89. The highest BCUT2D eigenvalue weighted by atomic mass is 16.5. The molecule has 0 aromatic heterocycles. The lowest BCUT2D eigenvalue weighted by molar-refractivity contribution is 0.0705. The molecule has 0 unspecified atom stereocenters. The van der Waals surface area contributed by atoms with Crippen LogP contribution in [-0.4, -0.2) is 31.5 Å². The van der Waals surface area contributed by atoms with Gasteiger partial charge in [0.25, 0.3) is 0 Å². The normalized spacial score (nSPS) is 10.3. The van der Waals surface area contributed by atoms with Crippen LogP contribution in [0, 0.1) is 0 Å². The molecule has 1 aromatic carbocycles. The number of hydrogen-bond donors (Lipinski definition) is 2. The molecule has 0 fully saturated rings. The van der Waals surface area contributed by atoms with E-state index in [1.807, 2.05) is 24.3 Å². The molecule has 0 saturated heterocycles. The van der Waals surface area contributed by atoms with Crippen LogP contribution in [0.1, 0.15) is 5.56 Å². The maximum Gasteiger partial charge on any atom is 0.119 e. The van der Waals surface area contributed by atoms with Gasteiger partial charge in [0.15, 0.2) is 0 Å². The summed E-state index contributed by atoms with van der Waals surface area (Å²) in [6.07, 6.45) is 0. The van der Waals surface area contributed by atoms with Crippen LogP contribution in [0.2, 0.25) is 0 Å². The van der Waals surface area contributed by atoms with Gasteiger partial charge in [-0.15, -0.1) is 0 Å². The van der Waals surface area contributed by atoms with Gasteiger partial charge in [0.05, 0.1) is 19.8 Å². The third-order valence-corrected chi connectivity index (χ3v) is 1.89. The Balaban J connectivity index is 2.20. The van der Waals surface area contributed by atoms with Crippen LogP contribution >= 0.6 is 0 Å². The number of nitrogens with two attached hydrogens (primary N) is 1. The average Bonchev–Trinajstić information content (AvgIpc) is 2.30. The number of benzene rings is 1. The summed E-state index contributed by atoms with van der Waals surface area (Å²) in [6, 6.07) is 7.64. The number of hydrogen-bond acceptors (Lipinski definition) is 4. The first kappa shape index (κ1) is 12.0. The van der Waals surface area contributed by atoms with E-state index in [0.717, 1.165) is 11.3 Å². The highest BCUT2D eigenvalue weighted by molar-refractivity contribution is 5.26. The molecule has 15 heavy (non-hydrogen) atoms. The first-order valence-electron chi connectivity index (χ1n) is 4.97. The van der Waals surface area contributed by atoms with Gasteiger partial charge in [-0.1, -0.05) is 12.1 Å². The van der Waals surface area contributed by atoms with Gasteiger partial charge in [0.2, 0.25) is 0 Å². The van der Waals surface area contributed by atoms with Crippen LogP contribution in [0.25, 0.3) is 0 Å². The summed E-state index contributed by atoms with van der Waals surface area (Å²) in [5.41, 5.74) is 6.55. The molecular formula is C11H17NO3. The first-order chi connectivity index (χ1) is 7.36. The van der Waals surface area contributed by atoms with E-state index >= 15 is 0 Å². The third kappa shape index (κ3) is 4.78. The largest absolute Gasteiger partial charge is 0.491 e. The second kappa shape index (κ2) is 7.23. The smallest absolute Gasteiger partial charge is 0.119 e. The fourth-order valence-corrected chi connectivity index (χ4v) is 1.11. The van der Waals surface area contributed by atoms with Gasteiger partial charge in [0.1, 0.15) is 12.4 Å². The molecule has 0 spiro atoms. The Morgan fingerprint density at radius 3 is 2.40 bits per heavy atom. The van der Waals surface area contributed by atoms with Gasteiger partial charge < -0.3 is 20.3 Å². The molecule has 1 rings (SSSR count). The second-order valence-corrected chi connectivity index (χ2v) is 3.03. The predicted molar refractivity (Wildman–Crippen MR) is 57.7 cm³/mol. The van der Waals surface area contributed by atoms with E-state index in [1.54, 1.807) is 0 Å². The van der Waals surface area contributed by atoms with Crippen LogP contribution in [0.4, 0.5) is 0 Å². The molecule has 0 amide bonds. The van der Waals surface area contributed by atoms with Crippen LogP contribution in [0.3, 0.4) is 0 Å². The number of ether oxygens (including phenoxy) is 2. The monoisotopic (exact) mass is 211 g/mol. The average molecular weight is 211 g/mol. The molecular weight excluding hydrogens is 194 g/mol. The van der Waals surface area contributed by atoms with Gasteiger partial charge in [-0.3, -0.25) is 0 Å². The van der Waals surface area contributed by atoms with Crippen molar-refractivity contribution < 1.29 is 14.6 Å². The summed E-state index contributed by atoms with van der Waals surface area (Å²) in [5.74, 6) is 0.805. The zero-order valence-corrected chi connectivity index (χ0v) is 8.69. The minimum atomic E-state index is 0.0468. The molecule has 3 N–H and O–H groups in total. The highest BCUT2D eigenvalue weighted by Gasteiger charge is 1.94. The fourth-order valence-electron chi connectivity index (χ4n) is 1.11. The van der Waals surface area contributed by atoms with Crippen molar-refractivity contribution in [3.05, 3.63) is 29.8 Å². The lowest BCUT2D eigenvalue weighted by Gasteiger charge is -2.06. The summed E-state index contributed by atoms with van der Waals surface area (Å²) in [7, 11) is 0. The molecule has 0 aliphatic heterocycles. The van der Waals surface area contributed by atoms with E-state index in [0.29, 0.717) is 26.4 Å². The van der Waals surface area contributed by atoms with Crippen molar-refractivity contribution in [1.29, 1.82) is 0 Å². The molecule has 0 aliphatic carbocycles. The molecule has 4 nitrogen and oxygen atoms in total. The van der Waals surface area contributed by atoms with Crippen molar-refractivity contribution in [3.63, 3.8) is 0 Å². The van der Waals surface area contributed by atoms with Gasteiger partial charge in [-0.05, 0) is 17.7 Å². The molecule has 0 aliphatic rings. The van der Waals surface area contributed by atoms with Crippen molar-refractivity contribution in [3.8, 4) is 5.75 Å². The Bertz CT molecular complexity index is 261. The molecule has 84 valence electrons. The minimum Gasteiger partial charge on any atom is -0.491 e. The molecule has 0 atom stereocenters. The van der Waals surface area contributed by atoms with E-state index in [1.165, 1.54) is 0 Å². The molecule has 1 aromatic rings. The minimum absolute atomic E-state index is 0.0468. The van der Waals surface area contributed by atoms with Crippen LogP contribution < -0.4 is 10.5 Å². The van der Waals surface area contributed by atoms with Gasteiger partial charge in [-0.25, -0.2) is 0 Å². The second-order valence-electron chi connectivity index (χ2n) is 3.03. The SMILES string of the molecule is NCc1ccc(OCCOCCO)cc1. The summed E-state index contributed by atoms with van der Waals surface area (Å²) in [4.78, 5) is 0. The first-order valence-corrected chi connectivity index (χ1v) is 4.97. The van der Waals surface area contributed by atoms with Crippen molar-refractivity contribution in [1.82, 2.24) is 0 Å². The molecule has 4 heteroatoms. The van der Waals surface area contributed by atoms with Crippen LogP contribution in [0.15, 0.2) is 24.3 Å². The quantitative estimate of drug-likeness (QED) is 0.646. The Morgan fingerprint density at radius 2 is 1.80 bits per heavy atom. The van der Waals surface area contributed by atoms with Gasteiger partial charge in [0, 0.05) is 6.54 Å². The number of aliphatic hydroxyl groups excluding tert-OH is 1. The Labute approximate surface area is 89.6 Å². The zero-order chi connectivity index (χ0) is 10.9. The van der Waals surface area contributed by atoms with E-state index in [-0.39, 0.29) is 6.61 Å². The highest BCUT2D eigenvalue weighted by Crippen LogP contribution is 2.11. The van der Waals surface area contributed by atoms with Crippen molar-refractivity contribution in [2.24, 2.45) is 5.73 Å². The summed E-state index contributed by atoms with van der Waals surface area (Å²) >= 11 is 0. The standard InChI is InChI=1S/C11H17NO3/c12-9-10-1-3-11(4-2-10)15-8-7-14-6-5-13/h1-4,13H,5-9,12H2. The van der Waals surface area contributed by atoms with Crippen molar-refractivity contribution >= 4 is 0 Å². The van der Waals surface area contributed by atoms with Crippen LogP contribution in [0.5, 0.6) is 5.75 Å². The Kier molecular flexibility index (Phi) is 5.77. The van der Waals surface area contributed by atoms with Crippen molar-refractivity contribution in [2.75, 3.05) is 26.4 Å². The van der Waals surface area contributed by atoms with Gasteiger partial charge in [-0.2, -0.15) is 0 Å². The van der Waals surface area contributed by atoms with Gasteiger partial charge >= 0.3 is 0 Å². The van der Waals surface area contributed by atoms with Crippen LogP contribution in [-0.2, 0) is 11.3 Å². The summed E-state index contributed by atoms with van der Waals surface area (Å²) in [5, 5.41) is 8.46. The summed E-state index contributed by atoms with van der Waals surface area (Å²) in [6.45, 7) is 1.92. The maximum atomic E-state index is 8.46. The molecule has 0 saturated carbocycles. The van der Waals surface area contributed by atoms with E-state index < -0.39 is 0 Å². The predicted octanol–water partition coefficient (Wildman–Crippen LogP) is 0.533. The Hall–Kier alpha value is -1.10. The van der Waals surface area contributed by atoms with Crippen molar-refractivity contribution in [2.45, 2.75) is 6.54 Å². The van der Waals surface area contributed by atoms with E-state index in [2.05, 4.69) is 0 Å². The molecule has 0 radical (unpaired) electrons. The van der Waals surface area contributed by atoms with E-state index in [9.17, 15) is 0 Å². The molecule has 0 bridgehead atoms. The zero-order valence-electron chi connectivity index (χ0n) is 8.69.